The molecule has 0 aromatic carbocycles. The number of carbonyl (C=O) groups excluding carboxylic acids is 2. The Bertz CT molecular complexity index is 341. The monoisotopic (exact) mass is 191 g/mol. The Hall–Kier alpha value is -1.38. The van der Waals surface area contributed by atoms with Gasteiger partial charge in [0, 0.05) is 12.3 Å². The molecular weight excluding hydrogens is 178 g/mol. The van der Waals surface area contributed by atoms with Gasteiger partial charge >= 0.3 is 0 Å². The minimum Gasteiger partial charge on any atom is -0.369 e. The van der Waals surface area contributed by atoms with Gasteiger partial charge in [-0.15, -0.1) is 0 Å². The Balaban J connectivity index is 2.32. The first-order chi connectivity index (χ1) is 6.70. The molecule has 0 radical (unpaired) electrons. The van der Waals surface area contributed by atoms with E-state index in [4.69, 9.17) is 5.73 Å². The van der Waals surface area contributed by atoms with Crippen molar-refractivity contribution in [2.45, 2.75) is 19.3 Å². The fraction of sp³-hybridized carbons (Fsp3) is 0.455. The van der Waals surface area contributed by atoms with Crippen LogP contribution in [0, 0.1) is 11.8 Å². The van der Waals surface area contributed by atoms with Crippen LogP contribution in [0.15, 0.2) is 23.8 Å². The van der Waals surface area contributed by atoms with Crippen molar-refractivity contribution in [1.29, 1.82) is 0 Å². The van der Waals surface area contributed by atoms with Crippen molar-refractivity contribution in [1.82, 2.24) is 0 Å². The largest absolute Gasteiger partial charge is 0.369 e. The second kappa shape index (κ2) is 3.40. The standard InChI is InChI=1S/C11H13NO2/c12-11(14)9-5-6-10(13)8-4-2-1-3-7(8)9/h1-3,8-9H,4-6H2,(H2,12,14). The maximum atomic E-state index is 11.6. The molecule has 1 fully saturated rings. The molecule has 2 aliphatic carbocycles. The lowest BCUT2D eigenvalue weighted by molar-refractivity contribution is -0.126. The molecule has 1 amide bonds. The van der Waals surface area contributed by atoms with E-state index in [0.29, 0.717) is 12.8 Å². The summed E-state index contributed by atoms with van der Waals surface area (Å²) in [6.07, 6.45) is 7.55. The van der Waals surface area contributed by atoms with E-state index in [1.54, 1.807) is 0 Å². The van der Waals surface area contributed by atoms with Gasteiger partial charge in [0.2, 0.25) is 5.91 Å². The van der Waals surface area contributed by atoms with Gasteiger partial charge in [0.05, 0.1) is 5.92 Å². The third kappa shape index (κ3) is 1.39. The quantitative estimate of drug-likeness (QED) is 0.670. The summed E-state index contributed by atoms with van der Waals surface area (Å²) in [5.41, 5.74) is 6.23. The third-order valence-corrected chi connectivity index (χ3v) is 3.01. The predicted octanol–water partition coefficient (Wildman–Crippen LogP) is 0.953. The van der Waals surface area contributed by atoms with Crippen LogP contribution in [0.25, 0.3) is 0 Å². The molecule has 2 atom stereocenters. The Kier molecular flexibility index (Phi) is 2.23. The number of amides is 1. The highest BCUT2D eigenvalue weighted by molar-refractivity contribution is 5.91. The second-order valence-electron chi connectivity index (χ2n) is 3.84. The van der Waals surface area contributed by atoms with E-state index in [9.17, 15) is 9.59 Å². The first-order valence-electron chi connectivity index (χ1n) is 4.89. The molecule has 74 valence electrons. The molecular formula is C11H13NO2. The number of nitrogens with two attached hydrogens (primary N) is 1. The predicted molar refractivity (Wildman–Crippen MR) is 52.3 cm³/mol. The van der Waals surface area contributed by atoms with Gasteiger partial charge in [0.1, 0.15) is 5.78 Å². The van der Waals surface area contributed by atoms with Crippen LogP contribution in [0.2, 0.25) is 0 Å². The van der Waals surface area contributed by atoms with Crippen LogP contribution in [0.1, 0.15) is 19.3 Å². The van der Waals surface area contributed by atoms with Gasteiger partial charge in [-0.2, -0.15) is 0 Å². The molecule has 3 nitrogen and oxygen atoms in total. The molecule has 2 rings (SSSR count). The smallest absolute Gasteiger partial charge is 0.224 e. The van der Waals surface area contributed by atoms with Crippen molar-refractivity contribution in [3.05, 3.63) is 23.8 Å². The minimum absolute atomic E-state index is 0.0775. The van der Waals surface area contributed by atoms with Crippen LogP contribution >= 0.6 is 0 Å². The highest BCUT2D eigenvalue weighted by Gasteiger charge is 2.35. The summed E-state index contributed by atoms with van der Waals surface area (Å²) >= 11 is 0. The van der Waals surface area contributed by atoms with E-state index in [1.165, 1.54) is 0 Å². The number of ketones is 1. The van der Waals surface area contributed by atoms with E-state index in [0.717, 1.165) is 12.0 Å². The maximum Gasteiger partial charge on any atom is 0.224 e. The summed E-state index contributed by atoms with van der Waals surface area (Å²) in [6, 6.07) is 0. The van der Waals surface area contributed by atoms with Gasteiger partial charge in [-0.3, -0.25) is 9.59 Å². The van der Waals surface area contributed by atoms with Crippen LogP contribution in [-0.4, -0.2) is 11.7 Å². The zero-order valence-electron chi connectivity index (χ0n) is 7.90. The lowest BCUT2D eigenvalue weighted by Gasteiger charge is -2.30. The van der Waals surface area contributed by atoms with Crippen LogP contribution < -0.4 is 5.73 Å². The van der Waals surface area contributed by atoms with Crippen LogP contribution in [0.4, 0.5) is 0 Å². The summed E-state index contributed by atoms with van der Waals surface area (Å²) in [5, 5.41) is 0. The molecule has 0 spiro atoms. The molecule has 2 unspecified atom stereocenters. The Labute approximate surface area is 82.7 Å². The Morgan fingerprint density at radius 2 is 2.29 bits per heavy atom. The van der Waals surface area contributed by atoms with Crippen molar-refractivity contribution < 1.29 is 9.59 Å². The molecule has 0 aromatic heterocycles. The number of rotatable bonds is 1. The van der Waals surface area contributed by atoms with E-state index in [2.05, 4.69) is 0 Å². The zero-order chi connectivity index (χ0) is 10.1. The third-order valence-electron chi connectivity index (χ3n) is 3.01. The lowest BCUT2D eigenvalue weighted by Crippen LogP contribution is -2.35. The van der Waals surface area contributed by atoms with Gasteiger partial charge in [-0.05, 0) is 18.4 Å². The molecule has 0 heterocycles. The lowest BCUT2D eigenvalue weighted by atomic mass is 9.72. The summed E-state index contributed by atoms with van der Waals surface area (Å²) in [7, 11) is 0. The van der Waals surface area contributed by atoms with E-state index < -0.39 is 0 Å². The zero-order valence-corrected chi connectivity index (χ0v) is 7.90. The van der Waals surface area contributed by atoms with E-state index in [1.807, 2.05) is 18.2 Å². The van der Waals surface area contributed by atoms with Crippen LogP contribution in [-0.2, 0) is 9.59 Å². The van der Waals surface area contributed by atoms with Crippen LogP contribution in [0.3, 0.4) is 0 Å². The first-order valence-corrected chi connectivity index (χ1v) is 4.89. The highest BCUT2D eigenvalue weighted by atomic mass is 16.1. The molecule has 0 saturated heterocycles. The summed E-state index contributed by atoms with van der Waals surface area (Å²) < 4.78 is 0. The average Bonchev–Trinajstić information content (AvgIpc) is 2.18. The molecule has 0 aromatic rings. The number of hydrogen-bond acceptors (Lipinski definition) is 2. The molecule has 2 N–H and O–H groups in total. The van der Waals surface area contributed by atoms with Gasteiger partial charge < -0.3 is 5.73 Å². The molecule has 14 heavy (non-hydrogen) atoms. The fourth-order valence-corrected chi connectivity index (χ4v) is 2.26. The minimum atomic E-state index is -0.302. The highest BCUT2D eigenvalue weighted by Crippen LogP contribution is 2.36. The summed E-state index contributed by atoms with van der Waals surface area (Å²) in [5.74, 6) is -0.351. The SMILES string of the molecule is NC(=O)C1CCC(=O)C2CC=CC=C12. The van der Waals surface area contributed by atoms with E-state index in [-0.39, 0.29) is 23.5 Å². The number of carbonyl (C=O) groups is 2. The van der Waals surface area contributed by atoms with Gasteiger partial charge in [0.25, 0.3) is 0 Å². The number of primary amides is 1. The van der Waals surface area contributed by atoms with Crippen molar-refractivity contribution in [2.24, 2.45) is 17.6 Å². The molecule has 1 saturated carbocycles. The van der Waals surface area contributed by atoms with Gasteiger partial charge in [-0.25, -0.2) is 0 Å². The van der Waals surface area contributed by atoms with Crippen molar-refractivity contribution in [3.8, 4) is 0 Å². The number of allylic oxidation sites excluding steroid dienone is 3. The number of fused-ring (bicyclic) bond motifs is 1. The average molecular weight is 191 g/mol. The normalized spacial score (nSPS) is 30.9. The van der Waals surface area contributed by atoms with Gasteiger partial charge in [0.15, 0.2) is 0 Å². The maximum absolute atomic E-state index is 11.6. The molecule has 0 bridgehead atoms. The molecule has 0 aliphatic heterocycles. The van der Waals surface area contributed by atoms with Crippen LogP contribution in [0.5, 0.6) is 0 Å². The second-order valence-corrected chi connectivity index (χ2v) is 3.84. The van der Waals surface area contributed by atoms with E-state index >= 15 is 0 Å². The number of Topliss-reactive ketones (excluding diaryl/α,β-unsaturated/α-hetero) is 1. The van der Waals surface area contributed by atoms with Crippen molar-refractivity contribution in [3.63, 3.8) is 0 Å². The summed E-state index contributed by atoms with van der Waals surface area (Å²) in [4.78, 5) is 22.7. The fourth-order valence-electron chi connectivity index (χ4n) is 2.26. The first kappa shape index (κ1) is 9.19. The Morgan fingerprint density at radius 3 is 3.00 bits per heavy atom. The van der Waals surface area contributed by atoms with Crippen molar-refractivity contribution >= 4 is 11.7 Å². The Morgan fingerprint density at radius 1 is 1.50 bits per heavy atom. The summed E-state index contributed by atoms with van der Waals surface area (Å²) in [6.45, 7) is 0. The van der Waals surface area contributed by atoms with Gasteiger partial charge in [-0.1, -0.05) is 18.2 Å². The molecule has 3 heteroatoms. The topological polar surface area (TPSA) is 60.2 Å². The van der Waals surface area contributed by atoms with Crippen molar-refractivity contribution in [2.75, 3.05) is 0 Å². The number of hydrogen-bond donors (Lipinski definition) is 1. The molecule has 2 aliphatic rings.